The third-order valence-electron chi connectivity index (χ3n) is 3.07. The minimum atomic E-state index is -0.601. The topological polar surface area (TPSA) is 84.5 Å². The molecule has 0 aliphatic carbocycles. The van der Waals surface area contributed by atoms with Gasteiger partial charge >= 0.3 is 5.97 Å². The largest absolute Gasteiger partial charge is 0.452 e. The number of rotatable bonds is 7. The van der Waals surface area contributed by atoms with Gasteiger partial charge in [-0.15, -0.1) is 11.3 Å². The highest BCUT2D eigenvalue weighted by Gasteiger charge is 2.22. The van der Waals surface area contributed by atoms with Gasteiger partial charge in [0.15, 0.2) is 6.61 Å². The Bertz CT molecular complexity index is 566. The number of nitrogens with one attached hydrogen (secondary N) is 2. The fraction of sp³-hybridized carbons (Fsp3) is 0.533. The van der Waals surface area contributed by atoms with Crippen LogP contribution in [0.15, 0.2) is 0 Å². The lowest BCUT2D eigenvalue weighted by Gasteiger charge is -2.08. The molecule has 0 fully saturated rings. The summed E-state index contributed by atoms with van der Waals surface area (Å²) in [6, 6.07) is 0. The van der Waals surface area contributed by atoms with Crippen LogP contribution in [-0.2, 0) is 14.3 Å². The Morgan fingerprint density at radius 2 is 1.91 bits per heavy atom. The van der Waals surface area contributed by atoms with Crippen LogP contribution >= 0.6 is 11.3 Å². The second-order valence-corrected chi connectivity index (χ2v) is 6.17. The van der Waals surface area contributed by atoms with Crippen LogP contribution in [0.3, 0.4) is 0 Å². The lowest BCUT2D eigenvalue weighted by molar-refractivity contribution is -0.124. The van der Waals surface area contributed by atoms with E-state index in [1.54, 1.807) is 6.92 Å². The van der Waals surface area contributed by atoms with Crippen LogP contribution in [-0.4, -0.2) is 30.9 Å². The number of carbonyl (C=O) groups excluding carboxylic acids is 3. The molecular formula is C15H22N2O4S. The number of ether oxygens (including phenoxy) is 1. The van der Waals surface area contributed by atoms with Gasteiger partial charge in [-0.2, -0.15) is 0 Å². The smallest absolute Gasteiger partial charge is 0.341 e. The highest BCUT2D eigenvalue weighted by molar-refractivity contribution is 7.16. The molecule has 0 aromatic carbocycles. The zero-order chi connectivity index (χ0) is 16.7. The van der Waals surface area contributed by atoms with Gasteiger partial charge in [0.05, 0.1) is 5.56 Å². The molecule has 1 rings (SSSR count). The molecule has 0 atom stereocenters. The zero-order valence-corrected chi connectivity index (χ0v) is 14.2. The minimum Gasteiger partial charge on any atom is -0.452 e. The van der Waals surface area contributed by atoms with E-state index >= 15 is 0 Å². The molecule has 0 spiro atoms. The van der Waals surface area contributed by atoms with Crippen molar-refractivity contribution in [2.24, 2.45) is 0 Å². The van der Waals surface area contributed by atoms with E-state index in [0.29, 0.717) is 17.1 Å². The van der Waals surface area contributed by atoms with Crippen LogP contribution < -0.4 is 10.6 Å². The predicted molar refractivity (Wildman–Crippen MR) is 86.3 cm³/mol. The quantitative estimate of drug-likeness (QED) is 0.595. The summed E-state index contributed by atoms with van der Waals surface area (Å²) in [7, 11) is 0. The lowest BCUT2D eigenvalue weighted by Crippen LogP contribution is -2.29. The number of hydrogen-bond acceptors (Lipinski definition) is 5. The van der Waals surface area contributed by atoms with Gasteiger partial charge in [0, 0.05) is 18.3 Å². The van der Waals surface area contributed by atoms with Gasteiger partial charge in [-0.25, -0.2) is 4.79 Å². The Morgan fingerprint density at radius 3 is 2.50 bits per heavy atom. The van der Waals surface area contributed by atoms with Crippen molar-refractivity contribution >= 4 is 34.1 Å². The Hall–Kier alpha value is -1.89. The number of carbonyl (C=O) groups is 3. The van der Waals surface area contributed by atoms with E-state index in [0.717, 1.165) is 23.3 Å². The van der Waals surface area contributed by atoms with Gasteiger partial charge in [0.25, 0.3) is 5.91 Å². The van der Waals surface area contributed by atoms with Crippen molar-refractivity contribution in [3.63, 3.8) is 0 Å². The summed E-state index contributed by atoms with van der Waals surface area (Å²) in [5.41, 5.74) is 1.07. The number of hydrogen-bond donors (Lipinski definition) is 2. The van der Waals surface area contributed by atoms with Crippen molar-refractivity contribution < 1.29 is 19.1 Å². The second kappa shape index (κ2) is 8.53. The van der Waals surface area contributed by atoms with Gasteiger partial charge < -0.3 is 15.4 Å². The summed E-state index contributed by atoms with van der Waals surface area (Å²) in [6.07, 6.45) is 1.86. The molecule has 7 heteroatoms. The Kier molecular flexibility index (Phi) is 7.04. The van der Waals surface area contributed by atoms with Crippen molar-refractivity contribution in [3.05, 3.63) is 16.0 Å². The highest BCUT2D eigenvalue weighted by atomic mass is 32.1. The molecule has 1 aromatic rings. The minimum absolute atomic E-state index is 0.257. The Morgan fingerprint density at radius 1 is 1.23 bits per heavy atom. The standard InChI is InChI=1S/C15H22N2O4S/c1-5-6-7-16-12(19)8-21-15(20)13-9(2)10(3)22-14(13)17-11(4)18/h5-8H2,1-4H3,(H,16,19)(H,17,18). The van der Waals surface area contributed by atoms with Crippen molar-refractivity contribution in [2.75, 3.05) is 18.5 Å². The van der Waals surface area contributed by atoms with Crippen LogP contribution in [0.25, 0.3) is 0 Å². The third kappa shape index (κ3) is 5.14. The summed E-state index contributed by atoms with van der Waals surface area (Å²) < 4.78 is 5.04. The summed E-state index contributed by atoms with van der Waals surface area (Å²) in [5.74, 6) is -1.18. The first kappa shape index (κ1) is 18.2. The Balaban J connectivity index is 2.69. The van der Waals surface area contributed by atoms with Gasteiger partial charge in [-0.1, -0.05) is 13.3 Å². The first-order valence-corrected chi connectivity index (χ1v) is 7.99. The molecule has 122 valence electrons. The van der Waals surface area contributed by atoms with E-state index in [2.05, 4.69) is 10.6 Å². The van der Waals surface area contributed by atoms with Crippen LogP contribution in [0.2, 0.25) is 0 Å². The number of amides is 2. The molecular weight excluding hydrogens is 304 g/mol. The van der Waals surface area contributed by atoms with E-state index in [1.807, 2.05) is 13.8 Å². The molecule has 2 amide bonds. The normalized spacial score (nSPS) is 10.2. The molecule has 0 aliphatic rings. The van der Waals surface area contributed by atoms with E-state index < -0.39 is 5.97 Å². The van der Waals surface area contributed by atoms with E-state index in [1.165, 1.54) is 18.3 Å². The highest BCUT2D eigenvalue weighted by Crippen LogP contribution is 2.32. The summed E-state index contributed by atoms with van der Waals surface area (Å²) in [6.45, 7) is 7.30. The average Bonchev–Trinajstić information content (AvgIpc) is 2.70. The molecule has 1 heterocycles. The average molecular weight is 326 g/mol. The van der Waals surface area contributed by atoms with Crippen LogP contribution in [0.4, 0.5) is 5.00 Å². The molecule has 0 bridgehead atoms. The van der Waals surface area contributed by atoms with Gasteiger partial charge in [0.1, 0.15) is 5.00 Å². The first-order valence-electron chi connectivity index (χ1n) is 7.18. The van der Waals surface area contributed by atoms with Crippen molar-refractivity contribution in [3.8, 4) is 0 Å². The number of anilines is 1. The van der Waals surface area contributed by atoms with E-state index in [4.69, 9.17) is 4.74 Å². The molecule has 1 aromatic heterocycles. The molecule has 2 N–H and O–H groups in total. The van der Waals surface area contributed by atoms with Gasteiger partial charge in [0.2, 0.25) is 5.91 Å². The summed E-state index contributed by atoms with van der Waals surface area (Å²) in [4.78, 5) is 35.8. The molecule has 0 unspecified atom stereocenters. The molecule has 0 saturated carbocycles. The fourth-order valence-electron chi connectivity index (χ4n) is 1.78. The maximum Gasteiger partial charge on any atom is 0.341 e. The molecule has 0 radical (unpaired) electrons. The van der Waals surface area contributed by atoms with Crippen molar-refractivity contribution in [1.82, 2.24) is 5.32 Å². The SMILES string of the molecule is CCCCNC(=O)COC(=O)c1c(NC(C)=O)sc(C)c1C. The number of esters is 1. The van der Waals surface area contributed by atoms with Crippen LogP contribution in [0.5, 0.6) is 0 Å². The lowest BCUT2D eigenvalue weighted by atomic mass is 10.1. The Labute approximate surface area is 134 Å². The number of thiophene rings is 1. The second-order valence-electron chi connectivity index (χ2n) is 4.95. The van der Waals surface area contributed by atoms with Gasteiger partial charge in [-0.3, -0.25) is 9.59 Å². The monoisotopic (exact) mass is 326 g/mol. The third-order valence-corrected chi connectivity index (χ3v) is 4.19. The van der Waals surface area contributed by atoms with Crippen LogP contribution in [0, 0.1) is 13.8 Å². The number of aryl methyl sites for hydroxylation is 1. The fourth-order valence-corrected chi connectivity index (χ4v) is 2.87. The van der Waals surface area contributed by atoms with Crippen LogP contribution in [0.1, 0.15) is 47.5 Å². The van der Waals surface area contributed by atoms with Crippen molar-refractivity contribution in [2.45, 2.75) is 40.5 Å². The maximum absolute atomic E-state index is 12.2. The van der Waals surface area contributed by atoms with Gasteiger partial charge in [-0.05, 0) is 25.8 Å². The molecule has 0 saturated heterocycles. The predicted octanol–water partition coefficient (Wildman–Crippen LogP) is 2.40. The molecule has 6 nitrogen and oxygen atoms in total. The zero-order valence-electron chi connectivity index (χ0n) is 13.4. The maximum atomic E-state index is 12.2. The van der Waals surface area contributed by atoms with E-state index in [-0.39, 0.29) is 18.4 Å². The first-order chi connectivity index (χ1) is 10.4. The van der Waals surface area contributed by atoms with E-state index in [9.17, 15) is 14.4 Å². The summed E-state index contributed by atoms with van der Waals surface area (Å²) >= 11 is 1.32. The van der Waals surface area contributed by atoms with Crippen molar-refractivity contribution in [1.29, 1.82) is 0 Å². The molecule has 0 aliphatic heterocycles. The molecule has 22 heavy (non-hydrogen) atoms. The summed E-state index contributed by atoms with van der Waals surface area (Å²) in [5, 5.41) is 5.75. The number of unbranched alkanes of at least 4 members (excludes halogenated alkanes) is 1.